The Labute approximate surface area is 151 Å². The number of nitrogens with one attached hydrogen (secondary N) is 1. The molecule has 0 radical (unpaired) electrons. The van der Waals surface area contributed by atoms with Crippen LogP contribution in [0.2, 0.25) is 0 Å². The Kier molecular flexibility index (Phi) is 4.97. The largest absolute Gasteiger partial charge is 0.366 e. The summed E-state index contributed by atoms with van der Waals surface area (Å²) in [5.74, 6) is -0.933. The standard InChI is InChI=1S/C19H20N4O3/c1-2-15-18(25)22-9-10-23(15)19(26)13-6-3-5-12(11-13)16-14(17(20)24)7-4-8-21-16/h3-8,11,15H,2,9-10H2,1H3,(H2,20,24)(H,22,25). The van der Waals surface area contributed by atoms with E-state index in [2.05, 4.69) is 10.3 Å². The number of amides is 3. The zero-order valence-corrected chi connectivity index (χ0v) is 14.4. The van der Waals surface area contributed by atoms with Crippen LogP contribution in [0, 0.1) is 0 Å². The summed E-state index contributed by atoms with van der Waals surface area (Å²) < 4.78 is 0. The molecule has 1 aromatic carbocycles. The van der Waals surface area contributed by atoms with Crippen molar-refractivity contribution in [3.8, 4) is 11.3 Å². The summed E-state index contributed by atoms with van der Waals surface area (Å²) in [5.41, 5.74) is 7.21. The van der Waals surface area contributed by atoms with Gasteiger partial charge in [-0.1, -0.05) is 19.1 Å². The molecule has 1 aliphatic heterocycles. The molecule has 1 unspecified atom stereocenters. The Balaban J connectivity index is 1.96. The van der Waals surface area contributed by atoms with Crippen molar-refractivity contribution in [3.63, 3.8) is 0 Å². The molecule has 7 heteroatoms. The van der Waals surface area contributed by atoms with Crippen LogP contribution >= 0.6 is 0 Å². The summed E-state index contributed by atoms with van der Waals surface area (Å²) in [6, 6.07) is 9.63. The fourth-order valence-corrected chi connectivity index (χ4v) is 3.16. The summed E-state index contributed by atoms with van der Waals surface area (Å²) in [4.78, 5) is 42.4. The Hall–Kier alpha value is -3.22. The molecule has 134 valence electrons. The second-order valence-corrected chi connectivity index (χ2v) is 6.06. The number of carbonyl (C=O) groups excluding carboxylic acids is 3. The molecule has 3 rings (SSSR count). The first kappa shape index (κ1) is 17.6. The van der Waals surface area contributed by atoms with Crippen molar-refractivity contribution in [2.75, 3.05) is 13.1 Å². The maximum atomic E-state index is 13.0. The highest BCUT2D eigenvalue weighted by Crippen LogP contribution is 2.23. The molecule has 26 heavy (non-hydrogen) atoms. The van der Waals surface area contributed by atoms with Gasteiger partial charge in [0.2, 0.25) is 5.91 Å². The van der Waals surface area contributed by atoms with E-state index in [1.165, 1.54) is 0 Å². The van der Waals surface area contributed by atoms with Gasteiger partial charge in [-0.25, -0.2) is 0 Å². The Morgan fingerprint density at radius 2 is 2.12 bits per heavy atom. The van der Waals surface area contributed by atoms with E-state index < -0.39 is 11.9 Å². The lowest BCUT2D eigenvalue weighted by atomic mass is 10.0. The Morgan fingerprint density at radius 3 is 2.85 bits per heavy atom. The number of rotatable bonds is 4. The molecule has 1 atom stereocenters. The van der Waals surface area contributed by atoms with Crippen LogP contribution in [0.25, 0.3) is 11.3 Å². The number of hydrogen-bond acceptors (Lipinski definition) is 4. The van der Waals surface area contributed by atoms with Crippen LogP contribution in [0.3, 0.4) is 0 Å². The SMILES string of the molecule is CCC1C(=O)NCCN1C(=O)c1cccc(-c2ncccc2C(N)=O)c1. The third-order valence-corrected chi connectivity index (χ3v) is 4.43. The van der Waals surface area contributed by atoms with Gasteiger partial charge >= 0.3 is 0 Å². The summed E-state index contributed by atoms with van der Waals surface area (Å²) in [7, 11) is 0. The third-order valence-electron chi connectivity index (χ3n) is 4.43. The van der Waals surface area contributed by atoms with Gasteiger partial charge in [0, 0.05) is 30.4 Å². The van der Waals surface area contributed by atoms with Gasteiger partial charge in [0.05, 0.1) is 11.3 Å². The number of pyridine rings is 1. The van der Waals surface area contributed by atoms with Crippen LogP contribution in [0.1, 0.15) is 34.1 Å². The molecule has 2 aromatic rings. The van der Waals surface area contributed by atoms with Gasteiger partial charge in [0.15, 0.2) is 0 Å². The summed E-state index contributed by atoms with van der Waals surface area (Å²) >= 11 is 0. The van der Waals surface area contributed by atoms with Gasteiger partial charge in [-0.3, -0.25) is 19.4 Å². The van der Waals surface area contributed by atoms with Crippen LogP contribution in [0.5, 0.6) is 0 Å². The number of carbonyl (C=O) groups is 3. The van der Waals surface area contributed by atoms with Gasteiger partial charge in [0.1, 0.15) is 6.04 Å². The molecular formula is C19H20N4O3. The monoisotopic (exact) mass is 352 g/mol. The van der Waals surface area contributed by atoms with Crippen molar-refractivity contribution in [1.29, 1.82) is 0 Å². The van der Waals surface area contributed by atoms with E-state index in [4.69, 9.17) is 5.73 Å². The molecule has 0 bridgehead atoms. The molecule has 1 fully saturated rings. The van der Waals surface area contributed by atoms with Crippen LogP contribution in [0.15, 0.2) is 42.6 Å². The molecule has 3 amide bonds. The van der Waals surface area contributed by atoms with Gasteiger partial charge in [-0.15, -0.1) is 0 Å². The second kappa shape index (κ2) is 7.35. The van der Waals surface area contributed by atoms with Crippen molar-refractivity contribution in [2.24, 2.45) is 5.73 Å². The van der Waals surface area contributed by atoms with E-state index in [0.717, 1.165) is 0 Å². The number of hydrogen-bond donors (Lipinski definition) is 2. The normalized spacial score (nSPS) is 16.9. The molecular weight excluding hydrogens is 332 g/mol. The highest BCUT2D eigenvalue weighted by Gasteiger charge is 2.32. The third kappa shape index (κ3) is 3.28. The molecule has 0 spiro atoms. The zero-order valence-electron chi connectivity index (χ0n) is 14.4. The first-order chi connectivity index (χ1) is 12.5. The van der Waals surface area contributed by atoms with E-state index in [0.29, 0.717) is 41.9 Å². The van der Waals surface area contributed by atoms with Crippen LogP contribution in [-0.2, 0) is 4.79 Å². The number of nitrogens with two attached hydrogens (primary N) is 1. The van der Waals surface area contributed by atoms with E-state index in [1.807, 2.05) is 6.92 Å². The highest BCUT2D eigenvalue weighted by molar-refractivity contribution is 6.01. The minimum absolute atomic E-state index is 0.135. The summed E-state index contributed by atoms with van der Waals surface area (Å²) in [6.45, 7) is 2.77. The van der Waals surface area contributed by atoms with Crippen molar-refractivity contribution >= 4 is 17.7 Å². The fourth-order valence-electron chi connectivity index (χ4n) is 3.16. The predicted molar refractivity (Wildman–Crippen MR) is 96.3 cm³/mol. The lowest BCUT2D eigenvalue weighted by molar-refractivity contribution is -0.127. The topological polar surface area (TPSA) is 105 Å². The second-order valence-electron chi connectivity index (χ2n) is 6.06. The van der Waals surface area contributed by atoms with Gasteiger partial charge in [-0.05, 0) is 30.7 Å². The number of primary amides is 1. The highest BCUT2D eigenvalue weighted by atomic mass is 16.2. The number of piperazine rings is 1. The Bertz CT molecular complexity index is 865. The maximum absolute atomic E-state index is 13.0. The predicted octanol–water partition coefficient (Wildman–Crippen LogP) is 1.20. The minimum Gasteiger partial charge on any atom is -0.366 e. The smallest absolute Gasteiger partial charge is 0.254 e. The quantitative estimate of drug-likeness (QED) is 0.862. The molecule has 1 aliphatic rings. The number of nitrogens with zero attached hydrogens (tertiary/aromatic N) is 2. The van der Waals surface area contributed by atoms with Crippen molar-refractivity contribution in [1.82, 2.24) is 15.2 Å². The average molecular weight is 352 g/mol. The lowest BCUT2D eigenvalue weighted by Crippen LogP contribution is -2.56. The van der Waals surface area contributed by atoms with Gasteiger partial charge in [0.25, 0.3) is 11.8 Å². The maximum Gasteiger partial charge on any atom is 0.254 e. The van der Waals surface area contributed by atoms with Crippen molar-refractivity contribution in [2.45, 2.75) is 19.4 Å². The molecule has 2 heterocycles. The molecule has 3 N–H and O–H groups in total. The Morgan fingerprint density at radius 1 is 1.31 bits per heavy atom. The van der Waals surface area contributed by atoms with Crippen LogP contribution < -0.4 is 11.1 Å². The molecule has 0 saturated carbocycles. The first-order valence-electron chi connectivity index (χ1n) is 8.47. The average Bonchev–Trinajstić information content (AvgIpc) is 2.67. The van der Waals surface area contributed by atoms with Crippen LogP contribution in [0.4, 0.5) is 0 Å². The van der Waals surface area contributed by atoms with Crippen molar-refractivity contribution < 1.29 is 14.4 Å². The fraction of sp³-hybridized carbons (Fsp3) is 0.263. The van der Waals surface area contributed by atoms with E-state index in [9.17, 15) is 14.4 Å². The van der Waals surface area contributed by atoms with Gasteiger partial charge in [-0.2, -0.15) is 0 Å². The zero-order chi connectivity index (χ0) is 18.7. The molecule has 1 aromatic heterocycles. The number of aromatic nitrogens is 1. The molecule has 7 nitrogen and oxygen atoms in total. The molecule has 1 saturated heterocycles. The van der Waals surface area contributed by atoms with E-state index >= 15 is 0 Å². The van der Waals surface area contributed by atoms with E-state index in [-0.39, 0.29) is 11.8 Å². The van der Waals surface area contributed by atoms with E-state index in [1.54, 1.807) is 47.5 Å². The molecule has 0 aliphatic carbocycles. The summed E-state index contributed by atoms with van der Waals surface area (Å²) in [6.07, 6.45) is 2.11. The van der Waals surface area contributed by atoms with Crippen LogP contribution in [-0.4, -0.2) is 46.7 Å². The summed E-state index contributed by atoms with van der Waals surface area (Å²) in [5, 5.41) is 2.78. The van der Waals surface area contributed by atoms with Crippen molar-refractivity contribution in [3.05, 3.63) is 53.7 Å². The minimum atomic E-state index is -0.580. The number of benzene rings is 1. The van der Waals surface area contributed by atoms with Gasteiger partial charge < -0.3 is 16.0 Å². The lowest BCUT2D eigenvalue weighted by Gasteiger charge is -2.34. The first-order valence-corrected chi connectivity index (χ1v) is 8.47.